The minimum Gasteiger partial charge on any atom is -0.390 e. The smallest absolute Gasteiger partial charge is 0.390 e. The van der Waals surface area contributed by atoms with Crippen molar-refractivity contribution in [2.24, 2.45) is 0 Å². The molecule has 7 heteroatoms. The van der Waals surface area contributed by atoms with Gasteiger partial charge in [0.05, 0.1) is 22.4 Å². The van der Waals surface area contributed by atoms with E-state index in [4.69, 9.17) is 0 Å². The molecule has 0 atom stereocenters. The Morgan fingerprint density at radius 3 is 2.52 bits per heavy atom. The maximum absolute atomic E-state index is 13.3. The number of rotatable bonds is 8. The Bertz CT molecular complexity index is 1080. The van der Waals surface area contributed by atoms with Crippen LogP contribution in [0.25, 0.3) is 16.6 Å². The number of carbonyl (C=O) groups is 1. The summed E-state index contributed by atoms with van der Waals surface area (Å²) in [6.07, 6.45) is -0.783. The molecule has 0 saturated heterocycles. The Kier molecular flexibility index (Phi) is 6.55. The molecule has 0 amide bonds. The normalized spacial score (nSPS) is 12.5. The van der Waals surface area contributed by atoms with E-state index in [1.165, 1.54) is 10.7 Å². The lowest BCUT2D eigenvalue weighted by atomic mass is 9.97. The van der Waals surface area contributed by atoms with E-state index in [2.05, 4.69) is 5.10 Å². The molecule has 0 aliphatic carbocycles. The highest BCUT2D eigenvalue weighted by Gasteiger charge is 2.31. The van der Waals surface area contributed by atoms with Gasteiger partial charge in [-0.15, -0.1) is 0 Å². The predicted octanol–water partition coefficient (Wildman–Crippen LogP) is 5.77. The average molecular weight is 432 g/mol. The zero-order valence-electron chi connectivity index (χ0n) is 18.0. The summed E-state index contributed by atoms with van der Waals surface area (Å²) in [6.45, 7) is 5.14. The number of alkyl halides is 3. The molecule has 0 aliphatic heterocycles. The molecule has 3 aromatic rings. The summed E-state index contributed by atoms with van der Waals surface area (Å²) in [5.41, 5.74) is 1.91. The monoisotopic (exact) mass is 432 g/mol. The Hall–Kier alpha value is -2.67. The molecule has 31 heavy (non-hydrogen) atoms. The number of fused-ring (bicyclic) bond motifs is 1. The van der Waals surface area contributed by atoms with Gasteiger partial charge >= 0.3 is 6.18 Å². The van der Waals surface area contributed by atoms with Gasteiger partial charge in [-0.2, -0.15) is 18.3 Å². The van der Waals surface area contributed by atoms with Crippen LogP contribution >= 0.6 is 0 Å². The van der Waals surface area contributed by atoms with Crippen molar-refractivity contribution in [3.05, 3.63) is 59.4 Å². The zero-order chi connectivity index (χ0) is 22.8. The van der Waals surface area contributed by atoms with Crippen LogP contribution in [0.2, 0.25) is 0 Å². The number of ketones is 1. The second-order valence-electron chi connectivity index (χ2n) is 8.67. The van der Waals surface area contributed by atoms with Crippen molar-refractivity contribution in [1.29, 1.82) is 0 Å². The van der Waals surface area contributed by atoms with Crippen LogP contribution in [0.4, 0.5) is 13.2 Å². The molecular weight excluding hydrogens is 405 g/mol. The minimum absolute atomic E-state index is 0.00349. The molecule has 166 valence electrons. The van der Waals surface area contributed by atoms with Gasteiger partial charge in [-0.25, -0.2) is 4.52 Å². The van der Waals surface area contributed by atoms with Gasteiger partial charge in [0.1, 0.15) is 5.78 Å². The number of unbranched alkanes of at least 4 members (excludes halogenated alkanes) is 1. The lowest BCUT2D eigenvalue weighted by molar-refractivity contribution is -0.137. The first-order valence-electron chi connectivity index (χ1n) is 10.3. The van der Waals surface area contributed by atoms with E-state index in [0.717, 1.165) is 23.3 Å². The van der Waals surface area contributed by atoms with Crippen LogP contribution in [0.15, 0.2) is 42.6 Å². The maximum atomic E-state index is 13.3. The molecule has 1 N–H and O–H groups in total. The lowest BCUT2D eigenvalue weighted by Gasteiger charge is -2.15. The van der Waals surface area contributed by atoms with Crippen LogP contribution in [0.1, 0.15) is 56.4 Å². The summed E-state index contributed by atoms with van der Waals surface area (Å²) in [5, 5.41) is 14.3. The fourth-order valence-electron chi connectivity index (χ4n) is 3.75. The molecule has 0 unspecified atom stereocenters. The van der Waals surface area contributed by atoms with E-state index in [-0.39, 0.29) is 12.2 Å². The van der Waals surface area contributed by atoms with Crippen molar-refractivity contribution in [2.45, 2.75) is 64.7 Å². The summed E-state index contributed by atoms with van der Waals surface area (Å²) < 4.78 is 41.3. The molecule has 0 saturated carbocycles. The second-order valence-corrected chi connectivity index (χ2v) is 8.67. The molecule has 0 fully saturated rings. The van der Waals surface area contributed by atoms with E-state index in [0.29, 0.717) is 42.5 Å². The van der Waals surface area contributed by atoms with Crippen molar-refractivity contribution in [2.75, 3.05) is 0 Å². The fraction of sp³-hybridized carbons (Fsp3) is 0.417. The van der Waals surface area contributed by atoms with Gasteiger partial charge in [0.2, 0.25) is 0 Å². The van der Waals surface area contributed by atoms with Crippen LogP contribution in [0.3, 0.4) is 0 Å². The number of halogens is 3. The lowest BCUT2D eigenvalue weighted by Crippen LogP contribution is -2.23. The third-order valence-electron chi connectivity index (χ3n) is 5.09. The molecule has 3 rings (SSSR count). The van der Waals surface area contributed by atoms with Crippen molar-refractivity contribution < 1.29 is 23.1 Å². The number of benzene rings is 1. The van der Waals surface area contributed by atoms with E-state index in [1.807, 2.05) is 31.2 Å². The Balaban J connectivity index is 1.88. The Morgan fingerprint density at radius 2 is 1.87 bits per heavy atom. The van der Waals surface area contributed by atoms with Crippen LogP contribution in [0.5, 0.6) is 0 Å². The maximum Gasteiger partial charge on any atom is 0.416 e. The van der Waals surface area contributed by atoms with E-state index in [9.17, 15) is 23.1 Å². The molecule has 1 aromatic carbocycles. The predicted molar refractivity (Wildman–Crippen MR) is 114 cm³/mol. The van der Waals surface area contributed by atoms with Gasteiger partial charge in [-0.05, 0) is 57.7 Å². The number of aromatic nitrogens is 2. The second kappa shape index (κ2) is 8.83. The molecule has 0 bridgehead atoms. The Morgan fingerprint density at radius 1 is 1.13 bits per heavy atom. The van der Waals surface area contributed by atoms with E-state index < -0.39 is 17.3 Å². The van der Waals surface area contributed by atoms with Crippen LogP contribution in [0, 0.1) is 6.92 Å². The van der Waals surface area contributed by atoms with Gasteiger partial charge in [-0.3, -0.25) is 4.79 Å². The quantitative estimate of drug-likeness (QED) is 0.460. The summed E-state index contributed by atoms with van der Waals surface area (Å²) in [5.74, 6) is -0.00349. The van der Waals surface area contributed by atoms with Gasteiger partial charge in [0.25, 0.3) is 0 Å². The van der Waals surface area contributed by atoms with E-state index >= 15 is 0 Å². The highest BCUT2D eigenvalue weighted by Crippen LogP contribution is 2.35. The summed E-state index contributed by atoms with van der Waals surface area (Å²) in [4.78, 5) is 12.0. The molecule has 2 heterocycles. The van der Waals surface area contributed by atoms with Gasteiger partial charge < -0.3 is 5.11 Å². The molecule has 4 nitrogen and oxygen atoms in total. The molecule has 0 radical (unpaired) electrons. The molecule has 0 spiro atoms. The van der Waals surface area contributed by atoms with Crippen molar-refractivity contribution in [1.82, 2.24) is 9.61 Å². The standard InChI is InChI=1S/C24H27F3N2O2/c1-16-7-6-8-17(13-16)22-20(10-5-4-9-19(30)15-23(2,3)31)28-29-12-11-18(14-21(22)29)24(25,26)27/h6-8,11-14,31H,4-5,9-10,15H2,1-3H3. The third-order valence-corrected chi connectivity index (χ3v) is 5.09. The summed E-state index contributed by atoms with van der Waals surface area (Å²) in [6, 6.07) is 9.79. The SMILES string of the molecule is Cc1cccc(-c2c(CCCCC(=O)CC(C)(C)O)nn3ccc(C(F)(F)F)cc23)c1. The largest absolute Gasteiger partial charge is 0.416 e. The van der Waals surface area contributed by atoms with Crippen molar-refractivity contribution in [3.8, 4) is 11.1 Å². The number of hydrogen-bond acceptors (Lipinski definition) is 3. The summed E-state index contributed by atoms with van der Waals surface area (Å²) >= 11 is 0. The zero-order valence-corrected chi connectivity index (χ0v) is 18.0. The van der Waals surface area contributed by atoms with Crippen LogP contribution in [-0.4, -0.2) is 26.1 Å². The summed E-state index contributed by atoms with van der Waals surface area (Å²) in [7, 11) is 0. The first kappa shape index (κ1) is 23.0. The van der Waals surface area contributed by atoms with Gasteiger partial charge in [0.15, 0.2) is 0 Å². The number of carbonyl (C=O) groups excluding carboxylic acids is 1. The highest BCUT2D eigenvalue weighted by molar-refractivity contribution is 5.83. The number of nitrogens with zero attached hydrogens (tertiary/aromatic N) is 2. The third kappa shape index (κ3) is 5.94. The first-order valence-corrected chi connectivity index (χ1v) is 10.3. The fourth-order valence-corrected chi connectivity index (χ4v) is 3.75. The van der Waals surface area contributed by atoms with Crippen molar-refractivity contribution >= 4 is 11.3 Å². The molecule has 2 aromatic heterocycles. The number of aryl methyl sites for hydroxylation is 2. The van der Waals surface area contributed by atoms with Crippen molar-refractivity contribution in [3.63, 3.8) is 0 Å². The number of pyridine rings is 1. The molecule has 0 aliphatic rings. The van der Waals surface area contributed by atoms with Gasteiger partial charge in [0, 0.05) is 24.6 Å². The van der Waals surface area contributed by atoms with E-state index in [1.54, 1.807) is 13.8 Å². The average Bonchev–Trinajstić information content (AvgIpc) is 3.00. The van der Waals surface area contributed by atoms with Crippen LogP contribution < -0.4 is 0 Å². The topological polar surface area (TPSA) is 54.6 Å². The van der Waals surface area contributed by atoms with Gasteiger partial charge in [-0.1, -0.05) is 29.8 Å². The molecular formula is C24H27F3N2O2. The number of aliphatic hydroxyl groups is 1. The number of Topliss-reactive ketones (excluding diaryl/α,β-unsaturated/α-hetero) is 1. The highest BCUT2D eigenvalue weighted by atomic mass is 19.4. The Labute approximate surface area is 179 Å². The minimum atomic E-state index is -4.43. The van der Waals surface area contributed by atoms with Crippen LogP contribution in [-0.2, 0) is 17.4 Å². The first-order chi connectivity index (χ1) is 14.4. The number of hydrogen-bond donors (Lipinski definition) is 1.